The third-order valence-corrected chi connectivity index (χ3v) is 8.96. The van der Waals surface area contributed by atoms with Gasteiger partial charge in [-0.05, 0) is 63.6 Å². The maximum atomic E-state index is 6.51. The van der Waals surface area contributed by atoms with Gasteiger partial charge in [-0.2, -0.15) is 5.10 Å². The van der Waals surface area contributed by atoms with Gasteiger partial charge in [-0.25, -0.2) is 19.6 Å². The van der Waals surface area contributed by atoms with Crippen LogP contribution in [0.25, 0.3) is 11.3 Å². The molecule has 0 amide bonds. The number of hydrogen-bond acceptors (Lipinski definition) is 11. The zero-order chi connectivity index (χ0) is 32.4. The van der Waals surface area contributed by atoms with Crippen LogP contribution in [0.1, 0.15) is 51.5 Å². The van der Waals surface area contributed by atoms with E-state index in [2.05, 4.69) is 30.0 Å². The van der Waals surface area contributed by atoms with Crippen molar-refractivity contribution in [2.45, 2.75) is 70.2 Å². The topological polar surface area (TPSA) is 127 Å². The lowest BCUT2D eigenvalue weighted by Crippen LogP contribution is -2.45. The molecular formula is C33H44ClN9O4. The second-order valence-corrected chi connectivity index (χ2v) is 12.5. The van der Waals surface area contributed by atoms with E-state index in [9.17, 15) is 0 Å². The Labute approximate surface area is 280 Å². The number of hydrogen-bond donors (Lipinski definition) is 1. The molecule has 252 valence electrons. The van der Waals surface area contributed by atoms with E-state index < -0.39 is 0 Å². The molecule has 1 atom stereocenters. The highest BCUT2D eigenvalue weighted by Gasteiger charge is 2.29. The molecule has 1 aromatic carbocycles. The number of nitrogens with zero attached hydrogens (tertiary/aromatic N) is 8. The molecule has 1 aliphatic heterocycles. The summed E-state index contributed by atoms with van der Waals surface area (Å²) >= 11 is 6.51. The Bertz CT molecular complexity index is 1540. The number of halogens is 1. The summed E-state index contributed by atoms with van der Waals surface area (Å²) in [7, 11) is 1.71. The largest absolute Gasteiger partial charge is 0.487 e. The summed E-state index contributed by atoms with van der Waals surface area (Å²) in [5, 5.41) is 13.0. The molecule has 13 nitrogen and oxygen atoms in total. The Morgan fingerprint density at radius 3 is 2.66 bits per heavy atom. The van der Waals surface area contributed by atoms with Crippen LogP contribution in [-0.2, 0) is 16.0 Å². The minimum atomic E-state index is -0.175. The lowest BCUT2D eigenvalue weighted by atomic mass is 9.90. The molecular weight excluding hydrogens is 622 g/mol. The highest BCUT2D eigenvalue weighted by Crippen LogP contribution is 2.35. The second kappa shape index (κ2) is 16.4. The van der Waals surface area contributed by atoms with Crippen LogP contribution in [-0.4, -0.2) is 98.2 Å². The van der Waals surface area contributed by atoms with Crippen LogP contribution in [0.3, 0.4) is 0 Å². The Morgan fingerprint density at radius 1 is 1.06 bits per heavy atom. The van der Waals surface area contributed by atoms with Crippen LogP contribution >= 0.6 is 11.6 Å². The number of benzene rings is 1. The third-order valence-electron chi connectivity index (χ3n) is 8.65. The average molecular weight is 666 g/mol. The third kappa shape index (κ3) is 8.98. The number of methoxy groups -OCH3 is 1. The van der Waals surface area contributed by atoms with E-state index in [4.69, 9.17) is 40.6 Å². The van der Waals surface area contributed by atoms with Gasteiger partial charge in [0.25, 0.3) is 5.88 Å². The lowest BCUT2D eigenvalue weighted by Gasteiger charge is -2.38. The molecule has 47 heavy (non-hydrogen) atoms. The molecule has 1 saturated carbocycles. The van der Waals surface area contributed by atoms with Crippen molar-refractivity contribution >= 4 is 23.2 Å². The summed E-state index contributed by atoms with van der Waals surface area (Å²) in [6.07, 6.45) is 13.0. The van der Waals surface area contributed by atoms with Crippen molar-refractivity contribution in [2.75, 3.05) is 51.9 Å². The Balaban J connectivity index is 1.15. The Hall–Kier alpha value is -3.78. The van der Waals surface area contributed by atoms with E-state index >= 15 is 0 Å². The first-order valence-electron chi connectivity index (χ1n) is 16.5. The molecule has 1 N–H and O–H groups in total. The molecule has 0 unspecified atom stereocenters. The van der Waals surface area contributed by atoms with Gasteiger partial charge in [0, 0.05) is 44.6 Å². The van der Waals surface area contributed by atoms with Crippen molar-refractivity contribution in [1.82, 2.24) is 39.4 Å². The molecule has 0 spiro atoms. The SMILES string of the molecule is COCCCCOc1nn(C2CCC(N3CCOCC3)CC2)cc1Nc1nccc(-c2ccc(Cl)c(O[C@@H](C)Cn3cncn3)c2)n1. The van der Waals surface area contributed by atoms with E-state index in [1.807, 2.05) is 37.4 Å². The Morgan fingerprint density at radius 2 is 1.87 bits per heavy atom. The molecule has 1 saturated heterocycles. The van der Waals surface area contributed by atoms with E-state index in [1.54, 1.807) is 24.3 Å². The summed E-state index contributed by atoms with van der Waals surface area (Å²) in [6, 6.07) is 8.42. The number of unbranched alkanes of at least 4 members (excludes halogenated alkanes) is 1. The molecule has 0 bridgehead atoms. The number of rotatable bonds is 15. The van der Waals surface area contributed by atoms with Crippen molar-refractivity contribution < 1.29 is 18.9 Å². The molecule has 4 heterocycles. The van der Waals surface area contributed by atoms with Gasteiger partial charge in [-0.3, -0.25) is 9.58 Å². The first-order chi connectivity index (χ1) is 23.1. The predicted molar refractivity (Wildman–Crippen MR) is 178 cm³/mol. The number of nitrogens with one attached hydrogen (secondary N) is 1. The standard InChI is InChI=1S/C33H44ClN9O4/c1-24(20-42-23-35-22-37-42)47-31-19-25(5-10-28(31)34)29-11-12-36-33(38-29)39-30-21-43(40-32(30)46-16-4-3-15-44-2)27-8-6-26(7-9-27)41-13-17-45-18-14-41/h5,10-12,19,21-24,26-27H,3-4,6-9,13-18,20H2,1-2H3,(H,36,38,39)/t24-,26?,27?/m0/s1. The van der Waals surface area contributed by atoms with E-state index in [0.29, 0.717) is 54.4 Å². The summed E-state index contributed by atoms with van der Waals surface area (Å²) in [4.78, 5) is 15.9. The quantitative estimate of drug-likeness (QED) is 0.164. The number of aromatic nitrogens is 7. The molecule has 0 radical (unpaired) electrons. The van der Waals surface area contributed by atoms with Crippen LogP contribution in [0.15, 0.2) is 49.3 Å². The zero-order valence-electron chi connectivity index (χ0n) is 27.1. The number of morpholine rings is 1. The second-order valence-electron chi connectivity index (χ2n) is 12.1. The highest BCUT2D eigenvalue weighted by atomic mass is 35.5. The first-order valence-corrected chi connectivity index (χ1v) is 16.8. The summed E-state index contributed by atoms with van der Waals surface area (Å²) in [5.74, 6) is 1.56. The van der Waals surface area contributed by atoms with Gasteiger partial charge in [-0.15, -0.1) is 5.10 Å². The van der Waals surface area contributed by atoms with Crippen LogP contribution in [0.2, 0.25) is 5.02 Å². The summed E-state index contributed by atoms with van der Waals surface area (Å²) < 4.78 is 26.9. The molecule has 14 heteroatoms. The lowest BCUT2D eigenvalue weighted by molar-refractivity contribution is 0.00503. The van der Waals surface area contributed by atoms with Gasteiger partial charge in [-0.1, -0.05) is 17.7 Å². The van der Waals surface area contributed by atoms with E-state index in [0.717, 1.165) is 81.8 Å². The van der Waals surface area contributed by atoms with Crippen molar-refractivity contribution in [3.05, 3.63) is 54.3 Å². The Kier molecular flexibility index (Phi) is 11.5. The maximum absolute atomic E-state index is 6.51. The van der Waals surface area contributed by atoms with Crippen molar-refractivity contribution in [2.24, 2.45) is 0 Å². The van der Waals surface area contributed by atoms with Crippen LogP contribution in [0.5, 0.6) is 11.6 Å². The van der Waals surface area contributed by atoms with Gasteiger partial charge >= 0.3 is 0 Å². The fraction of sp³-hybridized carbons (Fsp3) is 0.545. The van der Waals surface area contributed by atoms with Crippen molar-refractivity contribution in [1.29, 1.82) is 0 Å². The summed E-state index contributed by atoms with van der Waals surface area (Å²) in [5.41, 5.74) is 2.32. The van der Waals surface area contributed by atoms with Gasteiger partial charge in [0.15, 0.2) is 0 Å². The monoisotopic (exact) mass is 665 g/mol. The molecule has 2 aliphatic rings. The molecule has 6 rings (SSSR count). The molecule has 1 aliphatic carbocycles. The van der Waals surface area contributed by atoms with Crippen LogP contribution < -0.4 is 14.8 Å². The normalized spacial score (nSPS) is 19.4. The first kappa shape index (κ1) is 33.1. The maximum Gasteiger partial charge on any atom is 0.256 e. The molecule has 2 fully saturated rings. The van der Waals surface area contributed by atoms with E-state index in [1.165, 1.54) is 6.33 Å². The predicted octanol–water partition coefficient (Wildman–Crippen LogP) is 5.42. The highest BCUT2D eigenvalue weighted by molar-refractivity contribution is 6.32. The fourth-order valence-corrected chi connectivity index (χ4v) is 6.36. The van der Waals surface area contributed by atoms with Crippen LogP contribution in [0.4, 0.5) is 11.6 Å². The average Bonchev–Trinajstić information content (AvgIpc) is 3.76. The number of ether oxygens (including phenoxy) is 4. The van der Waals surface area contributed by atoms with Gasteiger partial charge < -0.3 is 24.3 Å². The molecule has 4 aromatic rings. The minimum absolute atomic E-state index is 0.175. The van der Waals surface area contributed by atoms with Crippen molar-refractivity contribution in [3.8, 4) is 22.9 Å². The smallest absolute Gasteiger partial charge is 0.256 e. The van der Waals surface area contributed by atoms with Gasteiger partial charge in [0.1, 0.15) is 30.2 Å². The fourth-order valence-electron chi connectivity index (χ4n) is 6.20. The van der Waals surface area contributed by atoms with Gasteiger partial charge in [0.05, 0.1) is 49.3 Å². The van der Waals surface area contributed by atoms with Gasteiger partial charge in [0.2, 0.25) is 5.95 Å². The van der Waals surface area contributed by atoms with Crippen LogP contribution in [0, 0.1) is 0 Å². The molecule has 3 aromatic heterocycles. The zero-order valence-corrected chi connectivity index (χ0v) is 27.9. The minimum Gasteiger partial charge on any atom is -0.487 e. The van der Waals surface area contributed by atoms with E-state index in [-0.39, 0.29) is 6.10 Å². The number of anilines is 2. The summed E-state index contributed by atoms with van der Waals surface area (Å²) in [6.45, 7) is 7.47. The van der Waals surface area contributed by atoms with Crippen molar-refractivity contribution in [3.63, 3.8) is 0 Å².